The summed E-state index contributed by atoms with van der Waals surface area (Å²) in [6.07, 6.45) is -1.55. The molecule has 0 saturated heterocycles. The van der Waals surface area contributed by atoms with Gasteiger partial charge in [0.1, 0.15) is 0 Å². The molecule has 6 heteroatoms. The van der Waals surface area contributed by atoms with Crippen molar-refractivity contribution in [1.82, 2.24) is 0 Å². The zero-order valence-corrected chi connectivity index (χ0v) is 10.5. The molecular formula is C11H12BrNO4. The van der Waals surface area contributed by atoms with E-state index >= 15 is 0 Å². The highest BCUT2D eigenvalue weighted by molar-refractivity contribution is 9.09. The molecule has 0 fully saturated rings. The lowest BCUT2D eigenvalue weighted by molar-refractivity contribution is -0.146. The first-order valence-electron chi connectivity index (χ1n) is 4.87. The molecule has 0 radical (unpaired) electrons. The topological polar surface area (TPSA) is 101 Å². The highest BCUT2D eigenvalue weighted by Gasteiger charge is 2.23. The fourth-order valence-electron chi connectivity index (χ4n) is 1.48. The number of nitrogens with two attached hydrogens (primary N) is 1. The standard InChI is InChI=1S/C11H12BrNO4/c12-5-4-8(14)9-6(10(15)11(16)17)2-1-3-7(9)13/h1-3,10,15H,4-5,13H2,(H,16,17). The van der Waals surface area contributed by atoms with Crippen LogP contribution >= 0.6 is 15.9 Å². The van der Waals surface area contributed by atoms with Crippen LogP contribution in [-0.2, 0) is 4.79 Å². The second-order valence-corrected chi connectivity index (χ2v) is 4.21. The van der Waals surface area contributed by atoms with Crippen molar-refractivity contribution in [1.29, 1.82) is 0 Å². The van der Waals surface area contributed by atoms with Crippen molar-refractivity contribution in [3.63, 3.8) is 0 Å². The number of carbonyl (C=O) groups is 2. The third-order valence-electron chi connectivity index (χ3n) is 2.26. The fraction of sp³-hybridized carbons (Fsp3) is 0.273. The van der Waals surface area contributed by atoms with E-state index in [1.165, 1.54) is 18.2 Å². The molecule has 0 aliphatic rings. The van der Waals surface area contributed by atoms with Gasteiger partial charge in [-0.3, -0.25) is 4.79 Å². The Hall–Kier alpha value is -1.40. The molecule has 0 aromatic heterocycles. The summed E-state index contributed by atoms with van der Waals surface area (Å²) in [5, 5.41) is 18.7. The molecule has 1 aromatic carbocycles. The Morgan fingerprint density at radius 2 is 2.06 bits per heavy atom. The van der Waals surface area contributed by atoms with Gasteiger partial charge in [0.25, 0.3) is 0 Å². The summed E-state index contributed by atoms with van der Waals surface area (Å²) in [7, 11) is 0. The maximum atomic E-state index is 11.8. The van der Waals surface area contributed by atoms with Crippen LogP contribution < -0.4 is 5.73 Å². The molecule has 92 valence electrons. The number of rotatable bonds is 5. The summed E-state index contributed by atoms with van der Waals surface area (Å²) in [6.45, 7) is 0. The van der Waals surface area contributed by atoms with E-state index in [0.717, 1.165) is 0 Å². The van der Waals surface area contributed by atoms with Crippen LogP contribution in [0.4, 0.5) is 5.69 Å². The summed E-state index contributed by atoms with van der Waals surface area (Å²) >= 11 is 3.12. The number of carboxylic acid groups (broad SMARTS) is 1. The van der Waals surface area contributed by atoms with E-state index in [0.29, 0.717) is 5.33 Å². The van der Waals surface area contributed by atoms with E-state index in [1.54, 1.807) is 0 Å². The molecule has 4 N–H and O–H groups in total. The Morgan fingerprint density at radius 3 is 2.59 bits per heavy atom. The van der Waals surface area contributed by atoms with E-state index in [1.807, 2.05) is 0 Å². The van der Waals surface area contributed by atoms with Gasteiger partial charge in [-0.05, 0) is 6.07 Å². The monoisotopic (exact) mass is 301 g/mol. The number of halogens is 1. The summed E-state index contributed by atoms with van der Waals surface area (Å²) in [5.74, 6) is -1.71. The third-order valence-corrected chi connectivity index (χ3v) is 2.65. The first-order valence-corrected chi connectivity index (χ1v) is 5.99. The minimum atomic E-state index is -1.74. The van der Waals surface area contributed by atoms with Crippen molar-refractivity contribution in [3.8, 4) is 0 Å². The molecule has 17 heavy (non-hydrogen) atoms. The SMILES string of the molecule is Nc1cccc(C(O)C(=O)O)c1C(=O)CCBr. The van der Waals surface area contributed by atoms with Crippen LogP contribution in [0.15, 0.2) is 18.2 Å². The van der Waals surface area contributed by atoms with Gasteiger partial charge in [-0.1, -0.05) is 28.1 Å². The average molecular weight is 302 g/mol. The molecule has 0 heterocycles. The second kappa shape index (κ2) is 5.79. The summed E-state index contributed by atoms with van der Waals surface area (Å²) < 4.78 is 0. The molecule has 0 aliphatic heterocycles. The van der Waals surface area contributed by atoms with Gasteiger partial charge in [0.05, 0.1) is 0 Å². The van der Waals surface area contributed by atoms with Gasteiger partial charge >= 0.3 is 5.97 Å². The maximum absolute atomic E-state index is 11.8. The number of aliphatic hydroxyl groups is 1. The number of carboxylic acids is 1. The lowest BCUT2D eigenvalue weighted by Gasteiger charge is -2.13. The third kappa shape index (κ3) is 3.04. The molecule has 0 spiro atoms. The Morgan fingerprint density at radius 1 is 1.41 bits per heavy atom. The Balaban J connectivity index is 3.26. The maximum Gasteiger partial charge on any atom is 0.337 e. The van der Waals surface area contributed by atoms with E-state index in [2.05, 4.69) is 15.9 Å². The minimum Gasteiger partial charge on any atom is -0.479 e. The highest BCUT2D eigenvalue weighted by Crippen LogP contribution is 2.25. The van der Waals surface area contributed by atoms with Crippen molar-refractivity contribution in [2.24, 2.45) is 0 Å². The number of nitrogen functional groups attached to an aromatic ring is 1. The summed E-state index contributed by atoms with van der Waals surface area (Å²) in [4.78, 5) is 22.5. The van der Waals surface area contributed by atoms with Crippen LogP contribution in [0.3, 0.4) is 0 Å². The van der Waals surface area contributed by atoms with Crippen molar-refractivity contribution in [2.45, 2.75) is 12.5 Å². The number of anilines is 1. The van der Waals surface area contributed by atoms with Gasteiger partial charge in [-0.15, -0.1) is 0 Å². The minimum absolute atomic E-state index is 0.0310. The fourth-order valence-corrected chi connectivity index (χ4v) is 1.84. The molecule has 0 bridgehead atoms. The lowest BCUT2D eigenvalue weighted by Crippen LogP contribution is -2.16. The second-order valence-electron chi connectivity index (χ2n) is 3.41. The van der Waals surface area contributed by atoms with Gasteiger partial charge in [0.15, 0.2) is 11.9 Å². The van der Waals surface area contributed by atoms with Crippen LogP contribution in [0.5, 0.6) is 0 Å². The van der Waals surface area contributed by atoms with Crippen molar-refractivity contribution < 1.29 is 19.8 Å². The Labute approximate surface area is 106 Å². The van der Waals surface area contributed by atoms with Gasteiger partial charge in [0.2, 0.25) is 0 Å². The number of hydrogen-bond donors (Lipinski definition) is 3. The molecule has 1 unspecified atom stereocenters. The zero-order valence-electron chi connectivity index (χ0n) is 8.89. The number of hydrogen-bond acceptors (Lipinski definition) is 4. The molecule has 5 nitrogen and oxygen atoms in total. The summed E-state index contributed by atoms with van der Waals surface area (Å²) in [6, 6.07) is 4.39. The number of alkyl halides is 1. The molecule has 1 aromatic rings. The number of carbonyl (C=O) groups excluding carboxylic acids is 1. The highest BCUT2D eigenvalue weighted by atomic mass is 79.9. The van der Waals surface area contributed by atoms with Gasteiger partial charge < -0.3 is 15.9 Å². The Kier molecular flexibility index (Phi) is 4.65. The smallest absolute Gasteiger partial charge is 0.337 e. The van der Waals surface area contributed by atoms with E-state index in [9.17, 15) is 14.7 Å². The molecular weight excluding hydrogens is 290 g/mol. The van der Waals surface area contributed by atoms with Crippen LogP contribution in [-0.4, -0.2) is 27.3 Å². The van der Waals surface area contributed by atoms with Crippen molar-refractivity contribution >= 4 is 33.4 Å². The van der Waals surface area contributed by atoms with E-state index < -0.39 is 12.1 Å². The van der Waals surface area contributed by atoms with Gasteiger partial charge in [0, 0.05) is 28.6 Å². The predicted molar refractivity (Wildman–Crippen MR) is 66.2 cm³/mol. The summed E-state index contributed by atoms with van der Waals surface area (Å²) in [5.41, 5.74) is 5.94. The van der Waals surface area contributed by atoms with Crippen LogP contribution in [0, 0.1) is 0 Å². The first-order chi connectivity index (χ1) is 7.99. The quantitative estimate of drug-likeness (QED) is 0.433. The number of benzene rings is 1. The van der Waals surface area contributed by atoms with Crippen molar-refractivity contribution in [2.75, 3.05) is 11.1 Å². The van der Waals surface area contributed by atoms with Crippen LogP contribution in [0.25, 0.3) is 0 Å². The molecule has 0 amide bonds. The molecule has 1 rings (SSSR count). The number of aliphatic carboxylic acids is 1. The van der Waals surface area contributed by atoms with Crippen LogP contribution in [0.2, 0.25) is 0 Å². The Bertz CT molecular complexity index is 447. The zero-order chi connectivity index (χ0) is 13.0. The number of ketones is 1. The predicted octanol–water partition coefficient (Wildman–Crippen LogP) is 1.35. The number of Topliss-reactive ketones (excluding diaryl/α,β-unsaturated/α-hetero) is 1. The van der Waals surface area contributed by atoms with E-state index in [4.69, 9.17) is 10.8 Å². The lowest BCUT2D eigenvalue weighted by atomic mass is 9.96. The average Bonchev–Trinajstić information content (AvgIpc) is 2.27. The van der Waals surface area contributed by atoms with E-state index in [-0.39, 0.29) is 29.0 Å². The van der Waals surface area contributed by atoms with Crippen molar-refractivity contribution in [3.05, 3.63) is 29.3 Å². The largest absolute Gasteiger partial charge is 0.479 e. The van der Waals surface area contributed by atoms with Gasteiger partial charge in [-0.25, -0.2) is 4.79 Å². The molecule has 1 atom stereocenters. The van der Waals surface area contributed by atoms with Crippen LogP contribution in [0.1, 0.15) is 28.4 Å². The molecule has 0 aliphatic carbocycles. The first kappa shape index (κ1) is 13.7. The molecule has 0 saturated carbocycles. The number of aliphatic hydroxyl groups excluding tert-OH is 1. The van der Waals surface area contributed by atoms with Gasteiger partial charge in [-0.2, -0.15) is 0 Å². The normalized spacial score (nSPS) is 12.1.